The molecule has 86 valence electrons. The van der Waals surface area contributed by atoms with Gasteiger partial charge in [-0.25, -0.2) is 4.79 Å². The van der Waals surface area contributed by atoms with E-state index in [2.05, 4.69) is 0 Å². The molecule has 0 aliphatic carbocycles. The highest BCUT2D eigenvalue weighted by atomic mass is 35.5. The van der Waals surface area contributed by atoms with Crippen LogP contribution >= 0.6 is 11.6 Å². The largest absolute Gasteiger partial charge is 0.478 e. The van der Waals surface area contributed by atoms with Crippen LogP contribution in [-0.2, 0) is 0 Å². The molecule has 0 radical (unpaired) electrons. The summed E-state index contributed by atoms with van der Waals surface area (Å²) in [5, 5.41) is 28.8. The fourth-order valence-electron chi connectivity index (χ4n) is 1.38. The van der Waals surface area contributed by atoms with Crippen molar-refractivity contribution in [1.82, 2.24) is 0 Å². The van der Waals surface area contributed by atoms with Gasteiger partial charge < -0.3 is 10.2 Å². The number of nitrogens with zero attached hydrogens (tertiary/aromatic N) is 1. The Morgan fingerprint density at radius 1 is 1.56 bits per heavy atom. The van der Waals surface area contributed by atoms with Gasteiger partial charge in [0, 0.05) is 0 Å². The average Bonchev–Trinajstić information content (AvgIpc) is 2.15. The van der Waals surface area contributed by atoms with E-state index in [1.165, 1.54) is 6.92 Å². The molecule has 1 aromatic carbocycles. The number of hydrogen-bond acceptors (Lipinski definition) is 4. The van der Waals surface area contributed by atoms with Crippen molar-refractivity contribution in [1.29, 1.82) is 0 Å². The molecule has 0 fully saturated rings. The van der Waals surface area contributed by atoms with E-state index in [4.69, 9.17) is 16.7 Å². The molecule has 0 heterocycles. The van der Waals surface area contributed by atoms with E-state index in [9.17, 15) is 20.0 Å². The Kier molecular flexibility index (Phi) is 3.46. The van der Waals surface area contributed by atoms with E-state index >= 15 is 0 Å². The summed E-state index contributed by atoms with van der Waals surface area (Å²) in [6, 6.07) is 2.24. The van der Waals surface area contributed by atoms with Crippen molar-refractivity contribution < 1.29 is 19.9 Å². The molecule has 1 unspecified atom stereocenters. The summed E-state index contributed by atoms with van der Waals surface area (Å²) in [6.45, 7) is 1.24. The molecule has 0 saturated carbocycles. The van der Waals surface area contributed by atoms with E-state index in [1.54, 1.807) is 0 Å². The van der Waals surface area contributed by atoms with Gasteiger partial charge in [0.15, 0.2) is 0 Å². The molecule has 1 rings (SSSR count). The zero-order valence-electron chi connectivity index (χ0n) is 8.18. The lowest BCUT2D eigenvalue weighted by atomic mass is 10.0. The van der Waals surface area contributed by atoms with Gasteiger partial charge in [0.25, 0.3) is 5.69 Å². The minimum absolute atomic E-state index is 0.203. The molecule has 6 nitrogen and oxygen atoms in total. The summed E-state index contributed by atoms with van der Waals surface area (Å²) in [5.41, 5.74) is -1.19. The molecule has 0 saturated heterocycles. The first-order chi connectivity index (χ1) is 7.36. The number of rotatable bonds is 3. The molecule has 7 heteroatoms. The summed E-state index contributed by atoms with van der Waals surface area (Å²) in [6.07, 6.45) is -1.29. The Bertz CT molecular complexity index is 457. The second kappa shape index (κ2) is 4.46. The van der Waals surface area contributed by atoms with Crippen molar-refractivity contribution in [2.75, 3.05) is 0 Å². The van der Waals surface area contributed by atoms with Gasteiger partial charge in [0.05, 0.1) is 22.2 Å². The summed E-state index contributed by atoms with van der Waals surface area (Å²) < 4.78 is 0. The van der Waals surface area contributed by atoms with Crippen LogP contribution in [0.5, 0.6) is 0 Å². The molecular weight excluding hydrogens is 238 g/mol. The van der Waals surface area contributed by atoms with Gasteiger partial charge in [-0.1, -0.05) is 11.6 Å². The van der Waals surface area contributed by atoms with Crippen LogP contribution in [0.4, 0.5) is 5.69 Å². The highest BCUT2D eigenvalue weighted by Crippen LogP contribution is 2.35. The number of hydrogen-bond donors (Lipinski definition) is 2. The molecule has 0 spiro atoms. The van der Waals surface area contributed by atoms with Gasteiger partial charge >= 0.3 is 5.97 Å². The maximum atomic E-state index is 10.8. The van der Waals surface area contributed by atoms with Crippen LogP contribution in [0.1, 0.15) is 28.9 Å². The van der Waals surface area contributed by atoms with Crippen molar-refractivity contribution in [2.45, 2.75) is 13.0 Å². The number of nitro benzene ring substituents is 1. The van der Waals surface area contributed by atoms with Crippen LogP contribution in [-0.4, -0.2) is 21.1 Å². The van der Waals surface area contributed by atoms with Crippen LogP contribution in [0.15, 0.2) is 12.1 Å². The maximum Gasteiger partial charge on any atom is 0.336 e. The van der Waals surface area contributed by atoms with E-state index < -0.39 is 22.7 Å². The van der Waals surface area contributed by atoms with Crippen LogP contribution < -0.4 is 0 Å². The Labute approximate surface area is 95.2 Å². The standard InChI is InChI=1S/C9H8ClNO5/c1-4(12)7-5(9(13)14)2-3-6(10)8(7)11(15)16/h2-4,12H,1H3,(H,13,14). The van der Waals surface area contributed by atoms with Crippen LogP contribution in [0, 0.1) is 10.1 Å². The van der Waals surface area contributed by atoms with Gasteiger partial charge in [0.2, 0.25) is 0 Å². The fourth-order valence-corrected chi connectivity index (χ4v) is 1.61. The number of carboxylic acids is 1. The van der Waals surface area contributed by atoms with Crippen molar-refractivity contribution in [3.05, 3.63) is 38.4 Å². The molecule has 1 atom stereocenters. The van der Waals surface area contributed by atoms with Crippen molar-refractivity contribution in [2.24, 2.45) is 0 Å². The summed E-state index contributed by atoms with van der Waals surface area (Å²) in [5.74, 6) is -1.35. The second-order valence-electron chi connectivity index (χ2n) is 3.10. The minimum atomic E-state index is -1.35. The van der Waals surface area contributed by atoms with Gasteiger partial charge in [0.1, 0.15) is 5.02 Å². The van der Waals surface area contributed by atoms with Gasteiger partial charge in [-0.05, 0) is 19.1 Å². The topological polar surface area (TPSA) is 101 Å². The highest BCUT2D eigenvalue weighted by Gasteiger charge is 2.27. The van der Waals surface area contributed by atoms with Gasteiger partial charge in [-0.2, -0.15) is 0 Å². The lowest BCUT2D eigenvalue weighted by Gasteiger charge is -2.10. The quantitative estimate of drug-likeness (QED) is 0.626. The third kappa shape index (κ3) is 2.12. The average molecular weight is 246 g/mol. The van der Waals surface area contributed by atoms with Crippen molar-refractivity contribution in [3.8, 4) is 0 Å². The van der Waals surface area contributed by atoms with Gasteiger partial charge in [-0.3, -0.25) is 10.1 Å². The number of nitro groups is 1. The minimum Gasteiger partial charge on any atom is -0.478 e. The predicted molar refractivity (Wildman–Crippen MR) is 55.7 cm³/mol. The molecular formula is C9H8ClNO5. The first-order valence-electron chi connectivity index (χ1n) is 4.24. The zero-order valence-corrected chi connectivity index (χ0v) is 8.93. The number of halogens is 1. The number of aromatic carboxylic acids is 1. The second-order valence-corrected chi connectivity index (χ2v) is 3.50. The maximum absolute atomic E-state index is 10.8. The molecule has 0 aromatic heterocycles. The Morgan fingerprint density at radius 3 is 2.50 bits per heavy atom. The Morgan fingerprint density at radius 2 is 2.12 bits per heavy atom. The third-order valence-electron chi connectivity index (χ3n) is 2.00. The molecule has 1 aromatic rings. The number of aliphatic hydroxyl groups is 1. The molecule has 0 amide bonds. The van der Waals surface area contributed by atoms with E-state index in [0.717, 1.165) is 12.1 Å². The Hall–Kier alpha value is -1.66. The SMILES string of the molecule is CC(O)c1c(C(=O)O)ccc(Cl)c1[N+](=O)[O-]. The number of carboxylic acid groups (broad SMARTS) is 1. The molecule has 2 N–H and O–H groups in total. The number of benzene rings is 1. The van der Waals surface area contributed by atoms with E-state index in [0.29, 0.717) is 0 Å². The van der Waals surface area contributed by atoms with Crippen LogP contribution in [0.25, 0.3) is 0 Å². The van der Waals surface area contributed by atoms with Crippen LogP contribution in [0.2, 0.25) is 5.02 Å². The van der Waals surface area contributed by atoms with Crippen molar-refractivity contribution in [3.63, 3.8) is 0 Å². The summed E-state index contributed by atoms with van der Waals surface area (Å²) >= 11 is 5.60. The number of aliphatic hydroxyl groups excluding tert-OH is 1. The number of carbonyl (C=O) groups is 1. The first-order valence-corrected chi connectivity index (χ1v) is 4.62. The first kappa shape index (κ1) is 12.4. The van der Waals surface area contributed by atoms with Crippen molar-refractivity contribution >= 4 is 23.3 Å². The molecule has 0 aliphatic rings. The Balaban J connectivity index is 3.63. The monoisotopic (exact) mass is 245 g/mol. The van der Waals surface area contributed by atoms with E-state index in [-0.39, 0.29) is 16.1 Å². The zero-order chi connectivity index (χ0) is 12.5. The summed E-state index contributed by atoms with van der Waals surface area (Å²) in [7, 11) is 0. The van der Waals surface area contributed by atoms with E-state index in [1.807, 2.05) is 0 Å². The highest BCUT2D eigenvalue weighted by molar-refractivity contribution is 6.33. The lowest BCUT2D eigenvalue weighted by molar-refractivity contribution is -0.386. The third-order valence-corrected chi connectivity index (χ3v) is 2.30. The molecule has 16 heavy (non-hydrogen) atoms. The normalized spacial score (nSPS) is 12.2. The van der Waals surface area contributed by atoms with Gasteiger partial charge in [-0.15, -0.1) is 0 Å². The van der Waals surface area contributed by atoms with Crippen LogP contribution in [0.3, 0.4) is 0 Å². The lowest BCUT2D eigenvalue weighted by Crippen LogP contribution is -2.09. The fraction of sp³-hybridized carbons (Fsp3) is 0.222. The molecule has 0 bridgehead atoms. The smallest absolute Gasteiger partial charge is 0.336 e. The molecule has 0 aliphatic heterocycles. The predicted octanol–water partition coefficient (Wildman–Crippen LogP) is 2.00. The summed E-state index contributed by atoms with van der Waals surface area (Å²) in [4.78, 5) is 20.8.